The van der Waals surface area contributed by atoms with Gasteiger partial charge in [0.1, 0.15) is 0 Å². The highest BCUT2D eigenvalue weighted by Crippen LogP contribution is 2.41. The summed E-state index contributed by atoms with van der Waals surface area (Å²) < 4.78 is 83.7. The van der Waals surface area contributed by atoms with Gasteiger partial charge in [0.25, 0.3) is 11.5 Å². The summed E-state index contributed by atoms with van der Waals surface area (Å²) in [4.78, 5) is 10.3. The Morgan fingerprint density at radius 3 is 1.67 bits per heavy atom. The van der Waals surface area contributed by atoms with E-state index in [1.807, 2.05) is 0 Å². The Hall–Kier alpha value is -1.08. The number of carbonyl (C=O) groups excluding carboxylic acids is 1. The molecule has 0 saturated heterocycles. The predicted octanol–water partition coefficient (Wildman–Crippen LogP) is 2.96. The monoisotopic (exact) mass is 238 g/mol. The van der Waals surface area contributed by atoms with Gasteiger partial charge in [-0.25, -0.2) is 4.39 Å². The molecule has 0 radical (unpaired) electrons. The van der Waals surface area contributed by atoms with Crippen LogP contribution in [0, 0.1) is 0 Å². The van der Waals surface area contributed by atoms with Crippen LogP contribution < -0.4 is 0 Å². The van der Waals surface area contributed by atoms with Crippen molar-refractivity contribution in [2.45, 2.75) is 24.4 Å². The second-order valence-corrected chi connectivity index (χ2v) is 2.62. The van der Waals surface area contributed by atoms with Gasteiger partial charge in [-0.15, -0.1) is 6.58 Å². The lowest BCUT2D eigenvalue weighted by Gasteiger charge is -2.25. The average Bonchev–Trinajstić information content (AvgIpc) is 1.99. The quantitative estimate of drug-likeness (QED) is 0.545. The molecule has 88 valence electrons. The van der Waals surface area contributed by atoms with Crippen molar-refractivity contribution < 1.29 is 35.5 Å². The molecule has 0 aromatic heterocycles. The summed E-state index contributed by atoms with van der Waals surface area (Å²) >= 11 is 0. The third-order valence-electron chi connectivity index (χ3n) is 1.49. The molecule has 8 heteroatoms. The maximum Gasteiger partial charge on any atom is 0.453 e. The summed E-state index contributed by atoms with van der Waals surface area (Å²) in [6.45, 7) is 2.66. The van der Waals surface area contributed by atoms with Crippen molar-refractivity contribution in [1.29, 1.82) is 0 Å². The van der Waals surface area contributed by atoms with Gasteiger partial charge in [0, 0.05) is 6.42 Å². The fraction of sp³-hybridized carbons (Fsp3) is 0.571. The van der Waals surface area contributed by atoms with E-state index in [0.29, 0.717) is 0 Å². The average molecular weight is 238 g/mol. The second-order valence-electron chi connectivity index (χ2n) is 2.62. The zero-order chi connectivity index (χ0) is 12.5. The number of hydrogen-bond donors (Lipinski definition) is 0. The van der Waals surface area contributed by atoms with Gasteiger partial charge >= 0.3 is 12.4 Å². The van der Waals surface area contributed by atoms with Crippen LogP contribution in [-0.4, -0.2) is 23.8 Å². The van der Waals surface area contributed by atoms with Gasteiger partial charge in [-0.1, -0.05) is 6.08 Å². The summed E-state index contributed by atoms with van der Waals surface area (Å²) in [6, 6.07) is 0. The Kier molecular flexibility index (Phi) is 3.55. The van der Waals surface area contributed by atoms with E-state index in [9.17, 15) is 35.5 Å². The standard InChI is InChI=1S/C7H5F7O/c1-2-3-5(8,7(12,13)14)4(15)6(9,10)11/h2H,1,3H2. The van der Waals surface area contributed by atoms with Crippen LogP contribution >= 0.6 is 0 Å². The van der Waals surface area contributed by atoms with Crippen LogP contribution in [0.1, 0.15) is 6.42 Å². The van der Waals surface area contributed by atoms with Gasteiger partial charge < -0.3 is 0 Å². The lowest BCUT2D eigenvalue weighted by molar-refractivity contribution is -0.245. The number of allylic oxidation sites excluding steroid dienone is 1. The molecule has 0 saturated carbocycles. The van der Waals surface area contributed by atoms with Crippen molar-refractivity contribution >= 4 is 5.78 Å². The number of halogens is 7. The highest BCUT2D eigenvalue weighted by Gasteiger charge is 2.67. The molecule has 0 spiro atoms. The van der Waals surface area contributed by atoms with Gasteiger partial charge in [0.15, 0.2) is 0 Å². The largest absolute Gasteiger partial charge is 0.453 e. The smallest absolute Gasteiger partial charge is 0.285 e. The number of Topliss-reactive ketones (excluding diaryl/α,β-unsaturated/α-hetero) is 1. The summed E-state index contributed by atoms with van der Waals surface area (Å²) in [7, 11) is 0. The van der Waals surface area contributed by atoms with E-state index in [1.165, 1.54) is 0 Å². The van der Waals surface area contributed by atoms with Gasteiger partial charge in [-0.05, 0) is 0 Å². The predicted molar refractivity (Wildman–Crippen MR) is 35.8 cm³/mol. The molecule has 0 fully saturated rings. The highest BCUT2D eigenvalue weighted by atomic mass is 19.4. The molecule has 0 aromatic rings. The molecular formula is C7H5F7O. The molecule has 0 heterocycles. The molecule has 1 nitrogen and oxygen atoms in total. The normalized spacial score (nSPS) is 17.0. The van der Waals surface area contributed by atoms with Crippen LogP contribution in [0.4, 0.5) is 30.7 Å². The first kappa shape index (κ1) is 13.9. The highest BCUT2D eigenvalue weighted by molar-refractivity contribution is 5.93. The van der Waals surface area contributed by atoms with Crippen LogP contribution in [0.5, 0.6) is 0 Å². The number of carbonyl (C=O) groups is 1. The number of ketones is 1. The summed E-state index contributed by atoms with van der Waals surface area (Å²) in [5.74, 6) is -3.47. The fourth-order valence-corrected chi connectivity index (χ4v) is 0.761. The molecule has 0 aromatic carbocycles. The van der Waals surface area contributed by atoms with E-state index in [1.54, 1.807) is 0 Å². The van der Waals surface area contributed by atoms with E-state index in [2.05, 4.69) is 6.58 Å². The van der Waals surface area contributed by atoms with Crippen LogP contribution in [-0.2, 0) is 4.79 Å². The number of alkyl halides is 7. The van der Waals surface area contributed by atoms with Gasteiger partial charge in [-0.3, -0.25) is 4.79 Å². The molecule has 1 unspecified atom stereocenters. The van der Waals surface area contributed by atoms with Crippen LogP contribution in [0.15, 0.2) is 12.7 Å². The van der Waals surface area contributed by atoms with E-state index in [4.69, 9.17) is 0 Å². The van der Waals surface area contributed by atoms with E-state index < -0.39 is 30.2 Å². The Morgan fingerprint density at radius 2 is 1.47 bits per heavy atom. The van der Waals surface area contributed by atoms with Crippen molar-refractivity contribution in [2.24, 2.45) is 0 Å². The molecular weight excluding hydrogens is 233 g/mol. The van der Waals surface area contributed by atoms with Gasteiger partial charge in [-0.2, -0.15) is 26.3 Å². The molecule has 1 atom stereocenters. The molecule has 0 aliphatic carbocycles. The SMILES string of the molecule is C=CCC(F)(C(=O)C(F)(F)F)C(F)(F)F. The molecule has 0 N–H and O–H groups in total. The summed E-state index contributed by atoms with van der Waals surface area (Å²) in [5, 5.41) is 0. The minimum absolute atomic E-state index is 0.261. The van der Waals surface area contributed by atoms with Crippen LogP contribution in [0.25, 0.3) is 0 Å². The van der Waals surface area contributed by atoms with Gasteiger partial charge in [0.2, 0.25) is 0 Å². The van der Waals surface area contributed by atoms with Crippen molar-refractivity contribution in [2.75, 3.05) is 0 Å². The van der Waals surface area contributed by atoms with E-state index in [-0.39, 0.29) is 6.08 Å². The van der Waals surface area contributed by atoms with Crippen LogP contribution in [0.2, 0.25) is 0 Å². The molecule has 0 bridgehead atoms. The fourth-order valence-electron chi connectivity index (χ4n) is 0.761. The third-order valence-corrected chi connectivity index (χ3v) is 1.49. The maximum absolute atomic E-state index is 12.9. The number of rotatable bonds is 3. The Bertz CT molecular complexity index is 263. The Morgan fingerprint density at radius 1 is 1.07 bits per heavy atom. The summed E-state index contributed by atoms with van der Waals surface area (Å²) in [5.41, 5.74) is -4.95. The Balaban J connectivity index is 5.32. The van der Waals surface area contributed by atoms with E-state index in [0.717, 1.165) is 0 Å². The third kappa shape index (κ3) is 2.69. The first-order chi connectivity index (χ1) is 6.47. The van der Waals surface area contributed by atoms with Crippen molar-refractivity contribution in [3.05, 3.63) is 12.7 Å². The zero-order valence-electron chi connectivity index (χ0n) is 7.05. The maximum atomic E-state index is 12.9. The minimum atomic E-state index is -5.92. The lowest BCUT2D eigenvalue weighted by Crippen LogP contribution is -2.53. The second kappa shape index (κ2) is 3.82. The lowest BCUT2D eigenvalue weighted by atomic mass is 9.95. The molecule has 15 heavy (non-hydrogen) atoms. The van der Waals surface area contributed by atoms with Crippen molar-refractivity contribution in [1.82, 2.24) is 0 Å². The molecule has 0 rings (SSSR count). The first-order valence-electron chi connectivity index (χ1n) is 3.45. The summed E-state index contributed by atoms with van der Waals surface area (Å²) in [6.07, 6.45) is -13.3. The van der Waals surface area contributed by atoms with Crippen LogP contribution in [0.3, 0.4) is 0 Å². The molecule has 0 aliphatic rings. The minimum Gasteiger partial charge on any atom is -0.285 e. The molecule has 0 aliphatic heterocycles. The zero-order valence-corrected chi connectivity index (χ0v) is 7.05. The van der Waals surface area contributed by atoms with Crippen molar-refractivity contribution in [3.63, 3.8) is 0 Å². The number of hydrogen-bond acceptors (Lipinski definition) is 1. The first-order valence-corrected chi connectivity index (χ1v) is 3.45. The Labute approximate surface area is 79.6 Å². The molecule has 0 amide bonds. The van der Waals surface area contributed by atoms with E-state index >= 15 is 0 Å². The van der Waals surface area contributed by atoms with Crippen molar-refractivity contribution in [3.8, 4) is 0 Å². The topological polar surface area (TPSA) is 17.1 Å². The van der Waals surface area contributed by atoms with Gasteiger partial charge in [0.05, 0.1) is 0 Å².